The Balaban J connectivity index is 1.65. The third-order valence-electron chi connectivity index (χ3n) is 9.05. The monoisotopic (exact) mass is 431 g/mol. The molecule has 1 aromatic carbocycles. The molecule has 0 heterocycles. The number of nitrogens with two attached hydrogens (primary N) is 1. The van der Waals surface area contributed by atoms with Gasteiger partial charge in [0.1, 0.15) is 0 Å². The second-order valence-electron chi connectivity index (χ2n) is 11.2. The first-order valence-electron chi connectivity index (χ1n) is 12.5. The molecule has 170 valence electrons. The van der Waals surface area contributed by atoms with E-state index < -0.39 is 5.60 Å². The maximum absolute atomic E-state index is 12.2. The van der Waals surface area contributed by atoms with Crippen LogP contribution in [0.5, 0.6) is 0 Å². The lowest BCUT2D eigenvalue weighted by atomic mass is 9.51. The predicted molar refractivity (Wildman–Crippen MR) is 130 cm³/mol. The van der Waals surface area contributed by atoms with Crippen LogP contribution in [-0.2, 0) is 4.79 Å². The molecular weight excluding hydrogens is 394 g/mol. The molecule has 0 aliphatic heterocycles. The van der Waals surface area contributed by atoms with Crippen molar-refractivity contribution < 1.29 is 9.90 Å². The lowest BCUT2D eigenvalue weighted by Gasteiger charge is -2.54. The van der Waals surface area contributed by atoms with E-state index in [0.29, 0.717) is 24.2 Å². The van der Waals surface area contributed by atoms with Crippen molar-refractivity contribution in [2.45, 2.75) is 77.2 Å². The number of carbonyl (C=O) groups is 1. The van der Waals surface area contributed by atoms with E-state index in [1.54, 1.807) is 5.57 Å². The number of aliphatic hydroxyl groups is 1. The van der Waals surface area contributed by atoms with Crippen LogP contribution in [0.3, 0.4) is 0 Å². The second-order valence-corrected chi connectivity index (χ2v) is 11.2. The highest BCUT2D eigenvalue weighted by atomic mass is 16.3. The smallest absolute Gasteiger partial charge is 0.156 e. The number of allylic oxidation sites excluding steroid dienone is 5. The summed E-state index contributed by atoms with van der Waals surface area (Å²) in [5, 5.41) is 12.0. The highest BCUT2D eigenvalue weighted by Crippen LogP contribution is 2.67. The van der Waals surface area contributed by atoms with Gasteiger partial charge in [-0.1, -0.05) is 50.6 Å². The molecular formula is C29H37NO2. The zero-order chi connectivity index (χ0) is 22.7. The van der Waals surface area contributed by atoms with Crippen LogP contribution >= 0.6 is 0 Å². The van der Waals surface area contributed by atoms with Crippen molar-refractivity contribution >= 4 is 11.5 Å². The Morgan fingerprint density at radius 3 is 2.59 bits per heavy atom. The van der Waals surface area contributed by atoms with E-state index in [-0.39, 0.29) is 17.1 Å². The van der Waals surface area contributed by atoms with Crippen LogP contribution in [0.2, 0.25) is 0 Å². The Labute approximate surface area is 192 Å². The van der Waals surface area contributed by atoms with Crippen molar-refractivity contribution in [3.8, 4) is 0 Å². The van der Waals surface area contributed by atoms with Crippen molar-refractivity contribution in [1.29, 1.82) is 0 Å². The maximum Gasteiger partial charge on any atom is 0.156 e. The van der Waals surface area contributed by atoms with Gasteiger partial charge in [-0.3, -0.25) is 4.79 Å². The van der Waals surface area contributed by atoms with Crippen molar-refractivity contribution in [3.63, 3.8) is 0 Å². The number of anilines is 1. The summed E-state index contributed by atoms with van der Waals surface area (Å²) in [6.45, 7) is 6.69. The Bertz CT molecular complexity index is 1010. The maximum atomic E-state index is 12.2. The average molecular weight is 432 g/mol. The van der Waals surface area contributed by atoms with Gasteiger partial charge in [-0.05, 0) is 91.2 Å². The molecule has 2 saturated carbocycles. The minimum Gasteiger partial charge on any atom is -0.399 e. The van der Waals surface area contributed by atoms with Crippen molar-refractivity contribution in [2.24, 2.45) is 23.2 Å². The molecule has 3 nitrogen and oxygen atoms in total. The summed E-state index contributed by atoms with van der Waals surface area (Å²) >= 11 is 0. The number of nitrogen functional groups attached to an aromatic ring is 1. The van der Waals surface area contributed by atoms with Gasteiger partial charge in [0.2, 0.25) is 0 Å². The van der Waals surface area contributed by atoms with E-state index in [9.17, 15) is 9.90 Å². The molecule has 0 saturated heterocycles. The minimum absolute atomic E-state index is 0.162. The Kier molecular flexibility index (Phi) is 5.24. The fourth-order valence-electron chi connectivity index (χ4n) is 7.35. The third kappa shape index (κ3) is 3.32. The molecule has 0 unspecified atom stereocenters. The average Bonchev–Trinajstić information content (AvgIpc) is 3.03. The summed E-state index contributed by atoms with van der Waals surface area (Å²) in [7, 11) is 0. The van der Waals surface area contributed by atoms with Crippen LogP contribution in [0.4, 0.5) is 5.69 Å². The first-order chi connectivity index (χ1) is 15.2. The molecule has 0 radical (unpaired) electrons. The van der Waals surface area contributed by atoms with Gasteiger partial charge in [-0.25, -0.2) is 0 Å². The molecule has 1 aromatic rings. The van der Waals surface area contributed by atoms with Gasteiger partial charge in [-0.2, -0.15) is 0 Å². The molecule has 3 N–H and O–H groups in total. The molecule has 5 atom stereocenters. The van der Waals surface area contributed by atoms with Gasteiger partial charge in [0.15, 0.2) is 5.78 Å². The van der Waals surface area contributed by atoms with Crippen molar-refractivity contribution in [1.82, 2.24) is 0 Å². The number of fused-ring (bicyclic) bond motifs is 4. The van der Waals surface area contributed by atoms with Crippen LogP contribution in [0.15, 0.2) is 59.2 Å². The van der Waals surface area contributed by atoms with E-state index in [1.807, 2.05) is 18.2 Å². The van der Waals surface area contributed by atoms with Gasteiger partial charge in [-0.15, -0.1) is 0 Å². The standard InChI is InChI=1S/C29H37NO2/c1-18(2)12-14-29(32)15-13-26-24-10-6-20-16-22(31)9-11-23(20)27(24)25(17-28(26,29)3)19-4-7-21(30)8-5-19/h4-5,7-8,12,14,16,18,24-26,32H,6,9-11,13,15,17,30H2,1-3H3/b14-12+/t24-,25+,26-,28-,29-/m0/s1. The Morgan fingerprint density at radius 2 is 1.88 bits per heavy atom. The van der Waals surface area contributed by atoms with E-state index in [2.05, 4.69) is 45.1 Å². The van der Waals surface area contributed by atoms with Crippen LogP contribution in [-0.4, -0.2) is 16.5 Å². The topological polar surface area (TPSA) is 63.3 Å². The predicted octanol–water partition coefficient (Wildman–Crippen LogP) is 6.11. The Morgan fingerprint density at radius 1 is 1.12 bits per heavy atom. The number of ketones is 1. The van der Waals surface area contributed by atoms with Crippen molar-refractivity contribution in [3.05, 3.63) is 64.8 Å². The summed E-state index contributed by atoms with van der Waals surface area (Å²) in [5.41, 5.74) is 11.5. The lowest BCUT2D eigenvalue weighted by molar-refractivity contribution is -0.114. The molecule has 0 bridgehead atoms. The van der Waals surface area contributed by atoms with Crippen LogP contribution in [0.1, 0.15) is 77.2 Å². The normalized spacial score (nSPS) is 36.8. The fraction of sp³-hybridized carbons (Fsp3) is 0.552. The fourth-order valence-corrected chi connectivity index (χ4v) is 7.35. The van der Waals surface area contributed by atoms with Gasteiger partial charge < -0.3 is 10.8 Å². The number of hydrogen-bond donors (Lipinski definition) is 2. The highest BCUT2D eigenvalue weighted by molar-refractivity contribution is 5.93. The van der Waals surface area contributed by atoms with E-state index in [0.717, 1.165) is 44.2 Å². The summed E-state index contributed by atoms with van der Waals surface area (Å²) in [5.74, 6) is 1.94. The Hall–Kier alpha value is -2.13. The molecule has 0 amide bonds. The molecule has 0 spiro atoms. The zero-order valence-corrected chi connectivity index (χ0v) is 19.7. The third-order valence-corrected chi connectivity index (χ3v) is 9.05. The highest BCUT2D eigenvalue weighted by Gasteiger charge is 2.61. The summed E-state index contributed by atoms with van der Waals surface area (Å²) in [6.07, 6.45) is 12.7. The molecule has 32 heavy (non-hydrogen) atoms. The van der Waals surface area contributed by atoms with Crippen LogP contribution in [0, 0.1) is 23.2 Å². The van der Waals surface area contributed by atoms with E-state index >= 15 is 0 Å². The largest absolute Gasteiger partial charge is 0.399 e. The first kappa shape index (κ1) is 21.7. The van der Waals surface area contributed by atoms with E-state index in [1.165, 1.54) is 16.7 Å². The van der Waals surface area contributed by atoms with Gasteiger partial charge in [0.25, 0.3) is 0 Å². The number of rotatable bonds is 3. The number of benzene rings is 1. The first-order valence-corrected chi connectivity index (χ1v) is 12.5. The molecule has 0 aromatic heterocycles. The van der Waals surface area contributed by atoms with Crippen LogP contribution < -0.4 is 5.73 Å². The van der Waals surface area contributed by atoms with Crippen molar-refractivity contribution in [2.75, 3.05) is 5.73 Å². The minimum atomic E-state index is -0.761. The lowest BCUT2D eigenvalue weighted by Crippen LogP contribution is -2.50. The number of carbonyl (C=O) groups excluding carboxylic acids is 1. The molecule has 2 fully saturated rings. The molecule has 4 aliphatic rings. The quantitative estimate of drug-likeness (QED) is 0.448. The zero-order valence-electron chi connectivity index (χ0n) is 19.7. The second kappa shape index (κ2) is 7.73. The molecule has 5 rings (SSSR count). The SMILES string of the molecule is CC(C)/C=C/[C@]1(O)CC[C@H]2[C@@H]3CCC4=CC(=O)CCC4=C3[C@@H](c3ccc(N)cc3)C[C@@]21C. The summed E-state index contributed by atoms with van der Waals surface area (Å²) < 4.78 is 0. The number of hydrogen-bond acceptors (Lipinski definition) is 3. The molecule has 3 heteroatoms. The summed E-state index contributed by atoms with van der Waals surface area (Å²) in [6, 6.07) is 8.37. The van der Waals surface area contributed by atoms with Gasteiger partial charge in [0.05, 0.1) is 5.60 Å². The van der Waals surface area contributed by atoms with E-state index in [4.69, 9.17) is 5.73 Å². The molecule has 4 aliphatic carbocycles. The summed E-state index contributed by atoms with van der Waals surface area (Å²) in [4.78, 5) is 12.2. The van der Waals surface area contributed by atoms with Crippen LogP contribution in [0.25, 0.3) is 0 Å². The van der Waals surface area contributed by atoms with Gasteiger partial charge in [0, 0.05) is 23.4 Å². The van der Waals surface area contributed by atoms with Gasteiger partial charge >= 0.3 is 0 Å².